The van der Waals surface area contributed by atoms with Crippen LogP contribution < -0.4 is 10.2 Å². The van der Waals surface area contributed by atoms with E-state index < -0.39 is 0 Å². The Morgan fingerprint density at radius 1 is 1.00 bits per heavy atom. The van der Waals surface area contributed by atoms with E-state index in [1.54, 1.807) is 0 Å². The summed E-state index contributed by atoms with van der Waals surface area (Å²) in [5.74, 6) is 0. The molecule has 1 aliphatic rings. The molecule has 0 aromatic heterocycles. The monoisotopic (exact) mass is 300 g/mol. The maximum atomic E-state index is 5.96. The van der Waals surface area contributed by atoms with E-state index in [-0.39, 0.29) is 6.04 Å². The van der Waals surface area contributed by atoms with Crippen LogP contribution in [0.25, 0.3) is 0 Å². The number of nitrogens with zero attached hydrogens (tertiary/aromatic N) is 1. The molecule has 3 rings (SSSR count). The second-order valence-electron chi connectivity index (χ2n) is 5.63. The first kappa shape index (κ1) is 14.3. The van der Waals surface area contributed by atoms with Crippen molar-refractivity contribution >= 4 is 23.0 Å². The van der Waals surface area contributed by atoms with Gasteiger partial charge >= 0.3 is 0 Å². The maximum Gasteiger partial charge on any atom is 0.0602 e. The third-order valence-electron chi connectivity index (χ3n) is 4.09. The standard InChI is InChI=1S/C18H21ClN2/c1-14(15-8-10-16(19)11-9-15)20-17-6-2-3-7-18(17)21-12-4-5-13-21/h2-3,6-11,14,20H,4-5,12-13H2,1H3. The van der Waals surface area contributed by atoms with Gasteiger partial charge in [0.25, 0.3) is 0 Å². The number of anilines is 2. The second-order valence-corrected chi connectivity index (χ2v) is 6.07. The van der Waals surface area contributed by atoms with E-state index in [4.69, 9.17) is 11.6 Å². The topological polar surface area (TPSA) is 15.3 Å². The van der Waals surface area contributed by atoms with Crippen LogP contribution in [-0.4, -0.2) is 13.1 Å². The molecule has 0 radical (unpaired) electrons. The summed E-state index contributed by atoms with van der Waals surface area (Å²) < 4.78 is 0. The molecule has 0 bridgehead atoms. The van der Waals surface area contributed by atoms with Crippen molar-refractivity contribution < 1.29 is 0 Å². The molecule has 0 aliphatic carbocycles. The molecule has 0 amide bonds. The van der Waals surface area contributed by atoms with Crippen molar-refractivity contribution in [1.29, 1.82) is 0 Å². The molecule has 0 saturated carbocycles. The minimum absolute atomic E-state index is 0.256. The summed E-state index contributed by atoms with van der Waals surface area (Å²) >= 11 is 5.96. The maximum absolute atomic E-state index is 5.96. The molecule has 2 aromatic carbocycles. The van der Waals surface area contributed by atoms with Gasteiger partial charge in [0.1, 0.15) is 0 Å². The minimum atomic E-state index is 0.256. The van der Waals surface area contributed by atoms with Crippen molar-refractivity contribution in [2.24, 2.45) is 0 Å². The van der Waals surface area contributed by atoms with Gasteiger partial charge < -0.3 is 10.2 Å². The number of halogens is 1. The Morgan fingerprint density at radius 2 is 1.67 bits per heavy atom. The zero-order valence-corrected chi connectivity index (χ0v) is 13.1. The van der Waals surface area contributed by atoms with Gasteiger partial charge in [-0.1, -0.05) is 35.9 Å². The number of benzene rings is 2. The summed E-state index contributed by atoms with van der Waals surface area (Å²) in [4.78, 5) is 2.47. The van der Waals surface area contributed by atoms with Crippen molar-refractivity contribution in [2.75, 3.05) is 23.3 Å². The van der Waals surface area contributed by atoms with Crippen LogP contribution in [0.15, 0.2) is 48.5 Å². The molecule has 1 heterocycles. The third kappa shape index (κ3) is 3.33. The highest BCUT2D eigenvalue weighted by Crippen LogP contribution is 2.31. The molecule has 1 N–H and O–H groups in total. The van der Waals surface area contributed by atoms with Crippen LogP contribution in [0.2, 0.25) is 5.02 Å². The lowest BCUT2D eigenvalue weighted by Gasteiger charge is -2.24. The van der Waals surface area contributed by atoms with E-state index in [0.717, 1.165) is 18.1 Å². The number of hydrogen-bond acceptors (Lipinski definition) is 2. The van der Waals surface area contributed by atoms with Gasteiger partial charge in [-0.2, -0.15) is 0 Å². The Bertz CT molecular complexity index is 588. The lowest BCUT2D eigenvalue weighted by atomic mass is 10.1. The Kier molecular flexibility index (Phi) is 4.35. The highest BCUT2D eigenvalue weighted by Gasteiger charge is 2.16. The number of rotatable bonds is 4. The fraction of sp³-hybridized carbons (Fsp3) is 0.333. The van der Waals surface area contributed by atoms with Crippen LogP contribution in [0.4, 0.5) is 11.4 Å². The summed E-state index contributed by atoms with van der Waals surface area (Å²) in [7, 11) is 0. The normalized spacial score (nSPS) is 16.0. The predicted molar refractivity (Wildman–Crippen MR) is 91.4 cm³/mol. The zero-order valence-electron chi connectivity index (χ0n) is 12.3. The van der Waals surface area contributed by atoms with Gasteiger partial charge in [0.05, 0.1) is 11.4 Å². The molecular formula is C18H21ClN2. The zero-order chi connectivity index (χ0) is 14.7. The van der Waals surface area contributed by atoms with Crippen molar-refractivity contribution in [1.82, 2.24) is 0 Å². The highest BCUT2D eigenvalue weighted by molar-refractivity contribution is 6.30. The van der Waals surface area contributed by atoms with Gasteiger partial charge in [-0.15, -0.1) is 0 Å². The van der Waals surface area contributed by atoms with E-state index in [1.807, 2.05) is 12.1 Å². The smallest absolute Gasteiger partial charge is 0.0602 e. The van der Waals surface area contributed by atoms with Crippen molar-refractivity contribution in [3.05, 3.63) is 59.1 Å². The molecule has 3 heteroatoms. The Morgan fingerprint density at radius 3 is 2.38 bits per heavy atom. The van der Waals surface area contributed by atoms with Crippen LogP contribution >= 0.6 is 11.6 Å². The fourth-order valence-electron chi connectivity index (χ4n) is 2.90. The minimum Gasteiger partial charge on any atom is -0.377 e. The first-order valence-corrected chi connectivity index (χ1v) is 7.98. The van der Waals surface area contributed by atoms with Crippen LogP contribution in [0.1, 0.15) is 31.4 Å². The first-order chi connectivity index (χ1) is 10.2. The van der Waals surface area contributed by atoms with Gasteiger partial charge in [-0.3, -0.25) is 0 Å². The summed E-state index contributed by atoms with van der Waals surface area (Å²) in [5.41, 5.74) is 3.77. The first-order valence-electron chi connectivity index (χ1n) is 7.60. The summed E-state index contributed by atoms with van der Waals surface area (Å²) in [6.45, 7) is 4.51. The molecule has 1 saturated heterocycles. The van der Waals surface area contributed by atoms with E-state index >= 15 is 0 Å². The van der Waals surface area contributed by atoms with E-state index in [2.05, 4.69) is 53.5 Å². The van der Waals surface area contributed by atoms with Crippen molar-refractivity contribution in [2.45, 2.75) is 25.8 Å². The Balaban J connectivity index is 1.79. The molecule has 110 valence electrons. The molecule has 1 atom stereocenters. The molecule has 1 aliphatic heterocycles. The number of hydrogen-bond donors (Lipinski definition) is 1. The van der Waals surface area contributed by atoms with Crippen LogP contribution in [0, 0.1) is 0 Å². The molecule has 21 heavy (non-hydrogen) atoms. The summed E-state index contributed by atoms with van der Waals surface area (Å²) in [6.07, 6.45) is 2.59. The highest BCUT2D eigenvalue weighted by atomic mass is 35.5. The predicted octanol–water partition coefficient (Wildman–Crippen LogP) is 5.11. The van der Waals surface area contributed by atoms with E-state index in [0.29, 0.717) is 0 Å². The lowest BCUT2D eigenvalue weighted by Crippen LogP contribution is -2.20. The average Bonchev–Trinajstić information content (AvgIpc) is 3.02. The van der Waals surface area contributed by atoms with E-state index in [1.165, 1.54) is 29.8 Å². The van der Waals surface area contributed by atoms with Crippen LogP contribution in [-0.2, 0) is 0 Å². The van der Waals surface area contributed by atoms with Gasteiger partial charge in [0.15, 0.2) is 0 Å². The number of nitrogens with one attached hydrogen (secondary N) is 1. The van der Waals surface area contributed by atoms with Crippen molar-refractivity contribution in [3.63, 3.8) is 0 Å². The third-order valence-corrected chi connectivity index (χ3v) is 4.34. The SMILES string of the molecule is CC(Nc1ccccc1N1CCCC1)c1ccc(Cl)cc1. The van der Waals surface area contributed by atoms with Crippen molar-refractivity contribution in [3.8, 4) is 0 Å². The average molecular weight is 301 g/mol. The largest absolute Gasteiger partial charge is 0.377 e. The van der Waals surface area contributed by atoms with Crippen LogP contribution in [0.5, 0.6) is 0 Å². The van der Waals surface area contributed by atoms with Gasteiger partial charge in [0, 0.05) is 24.2 Å². The molecule has 1 fully saturated rings. The molecule has 2 nitrogen and oxygen atoms in total. The number of para-hydroxylation sites is 2. The van der Waals surface area contributed by atoms with Gasteiger partial charge in [0.2, 0.25) is 0 Å². The van der Waals surface area contributed by atoms with Gasteiger partial charge in [-0.05, 0) is 49.6 Å². The quantitative estimate of drug-likeness (QED) is 0.843. The van der Waals surface area contributed by atoms with Gasteiger partial charge in [-0.25, -0.2) is 0 Å². The Hall–Kier alpha value is -1.67. The molecule has 0 spiro atoms. The fourth-order valence-corrected chi connectivity index (χ4v) is 3.02. The summed E-state index contributed by atoms with van der Waals surface area (Å²) in [5, 5.41) is 4.42. The van der Waals surface area contributed by atoms with E-state index in [9.17, 15) is 0 Å². The second kappa shape index (κ2) is 6.40. The summed E-state index contributed by atoms with van der Waals surface area (Å²) in [6, 6.07) is 16.9. The molecule has 2 aromatic rings. The van der Waals surface area contributed by atoms with Crippen LogP contribution in [0.3, 0.4) is 0 Å². The lowest BCUT2D eigenvalue weighted by molar-refractivity contribution is 0.878. The Labute approximate surface area is 131 Å². The molecular weight excluding hydrogens is 280 g/mol. The molecule has 1 unspecified atom stereocenters.